The summed E-state index contributed by atoms with van der Waals surface area (Å²) >= 11 is 0. The van der Waals surface area contributed by atoms with Gasteiger partial charge in [0, 0.05) is 25.0 Å². The van der Waals surface area contributed by atoms with Crippen LogP contribution >= 0.6 is 0 Å². The Bertz CT molecular complexity index is 278. The lowest BCUT2D eigenvalue weighted by molar-refractivity contribution is -0.138. The van der Waals surface area contributed by atoms with Crippen molar-refractivity contribution >= 4 is 5.91 Å². The quantitative estimate of drug-likeness (QED) is 0.776. The van der Waals surface area contributed by atoms with Gasteiger partial charge in [-0.2, -0.15) is 0 Å². The molecule has 1 saturated carbocycles. The van der Waals surface area contributed by atoms with Gasteiger partial charge in [0.15, 0.2) is 0 Å². The molecule has 0 aromatic heterocycles. The average Bonchev–Trinajstić information content (AvgIpc) is 2.39. The van der Waals surface area contributed by atoms with Crippen LogP contribution in [0.3, 0.4) is 0 Å². The fraction of sp³-hybridized carbons (Fsp3) is 0.929. The number of nitrogens with two attached hydrogens (primary N) is 1. The number of aliphatic hydroxyl groups excluding tert-OH is 1. The second-order valence-corrected chi connectivity index (χ2v) is 6.02. The van der Waals surface area contributed by atoms with Gasteiger partial charge in [0.05, 0.1) is 6.10 Å². The van der Waals surface area contributed by atoms with E-state index in [1.165, 1.54) is 0 Å². The molecule has 0 aromatic carbocycles. The summed E-state index contributed by atoms with van der Waals surface area (Å²) in [5.74, 6) is 0.896. The summed E-state index contributed by atoms with van der Waals surface area (Å²) in [5, 5.41) is 9.56. The minimum absolute atomic E-state index is 0.202. The number of carbonyl (C=O) groups is 1. The van der Waals surface area contributed by atoms with Gasteiger partial charge >= 0.3 is 0 Å². The molecule has 0 spiro atoms. The zero-order valence-corrected chi connectivity index (χ0v) is 11.3. The zero-order chi connectivity index (χ0) is 13.1. The molecule has 1 saturated heterocycles. The van der Waals surface area contributed by atoms with Gasteiger partial charge in [-0.25, -0.2) is 0 Å². The van der Waals surface area contributed by atoms with Crippen LogP contribution in [-0.4, -0.2) is 41.1 Å². The lowest BCUT2D eigenvalue weighted by atomic mass is 9.84. The smallest absolute Gasteiger partial charge is 0.225 e. The van der Waals surface area contributed by atoms with Crippen molar-refractivity contribution in [2.75, 3.05) is 13.1 Å². The van der Waals surface area contributed by atoms with Crippen LogP contribution in [0.2, 0.25) is 0 Å². The minimum Gasteiger partial charge on any atom is -0.393 e. The molecule has 1 unspecified atom stereocenters. The first-order valence-electron chi connectivity index (χ1n) is 7.30. The highest BCUT2D eigenvalue weighted by Gasteiger charge is 2.31. The molecule has 1 amide bonds. The van der Waals surface area contributed by atoms with Gasteiger partial charge in [0.1, 0.15) is 0 Å². The molecule has 104 valence electrons. The SMILES string of the molecule is CC(O)C1CCN(C(=O)C2CCC(N)CC2)CC1. The van der Waals surface area contributed by atoms with E-state index < -0.39 is 0 Å². The summed E-state index contributed by atoms with van der Waals surface area (Å²) in [6.07, 6.45) is 5.52. The number of hydrogen-bond donors (Lipinski definition) is 2. The standard InChI is InChI=1S/C14H26N2O2/c1-10(17)11-6-8-16(9-7-11)14(18)12-2-4-13(15)5-3-12/h10-13,17H,2-9,15H2,1H3. The molecule has 1 heterocycles. The van der Waals surface area contributed by atoms with E-state index in [0.29, 0.717) is 17.9 Å². The second-order valence-electron chi connectivity index (χ2n) is 6.02. The summed E-state index contributed by atoms with van der Waals surface area (Å²) < 4.78 is 0. The van der Waals surface area contributed by atoms with Crippen molar-refractivity contribution in [2.45, 2.75) is 57.6 Å². The second kappa shape index (κ2) is 6.02. The Morgan fingerprint density at radius 1 is 1.17 bits per heavy atom. The van der Waals surface area contributed by atoms with E-state index in [1.807, 2.05) is 11.8 Å². The summed E-state index contributed by atoms with van der Waals surface area (Å²) in [5.41, 5.74) is 5.87. The highest BCUT2D eigenvalue weighted by Crippen LogP contribution is 2.27. The summed E-state index contributed by atoms with van der Waals surface area (Å²) in [4.78, 5) is 14.4. The van der Waals surface area contributed by atoms with E-state index in [1.54, 1.807) is 0 Å². The van der Waals surface area contributed by atoms with Gasteiger partial charge in [-0.1, -0.05) is 0 Å². The van der Waals surface area contributed by atoms with E-state index in [0.717, 1.165) is 51.6 Å². The van der Waals surface area contributed by atoms with Crippen molar-refractivity contribution in [1.29, 1.82) is 0 Å². The number of rotatable bonds is 2. The Morgan fingerprint density at radius 3 is 2.22 bits per heavy atom. The molecule has 2 fully saturated rings. The molecule has 2 rings (SSSR count). The number of likely N-dealkylation sites (tertiary alicyclic amines) is 1. The third kappa shape index (κ3) is 3.23. The molecule has 1 atom stereocenters. The van der Waals surface area contributed by atoms with Crippen LogP contribution in [0.4, 0.5) is 0 Å². The summed E-state index contributed by atoms with van der Waals surface area (Å²) in [7, 11) is 0. The van der Waals surface area contributed by atoms with Crippen LogP contribution in [0.15, 0.2) is 0 Å². The third-order valence-corrected chi connectivity index (χ3v) is 4.65. The van der Waals surface area contributed by atoms with Crippen molar-refractivity contribution in [1.82, 2.24) is 4.90 Å². The van der Waals surface area contributed by atoms with E-state index in [2.05, 4.69) is 0 Å². The van der Waals surface area contributed by atoms with E-state index >= 15 is 0 Å². The summed E-state index contributed by atoms with van der Waals surface area (Å²) in [6, 6.07) is 0.301. The van der Waals surface area contributed by atoms with Crippen LogP contribution in [0.5, 0.6) is 0 Å². The number of carbonyl (C=O) groups excluding carboxylic acids is 1. The minimum atomic E-state index is -0.241. The Morgan fingerprint density at radius 2 is 1.72 bits per heavy atom. The molecule has 3 N–H and O–H groups in total. The maximum Gasteiger partial charge on any atom is 0.225 e. The molecule has 0 bridgehead atoms. The van der Waals surface area contributed by atoms with Crippen molar-refractivity contribution < 1.29 is 9.90 Å². The van der Waals surface area contributed by atoms with Gasteiger partial charge < -0.3 is 15.7 Å². The average molecular weight is 254 g/mol. The number of hydrogen-bond acceptors (Lipinski definition) is 3. The molecular formula is C14H26N2O2. The van der Waals surface area contributed by atoms with Gasteiger partial charge in [-0.3, -0.25) is 4.79 Å². The van der Waals surface area contributed by atoms with E-state index in [4.69, 9.17) is 5.73 Å². The molecular weight excluding hydrogens is 228 g/mol. The molecule has 1 aliphatic heterocycles. The highest BCUT2D eigenvalue weighted by atomic mass is 16.3. The highest BCUT2D eigenvalue weighted by molar-refractivity contribution is 5.79. The predicted octanol–water partition coefficient (Wildman–Crippen LogP) is 1.12. The van der Waals surface area contributed by atoms with Gasteiger partial charge in [-0.15, -0.1) is 0 Å². The number of aliphatic hydroxyl groups is 1. The van der Waals surface area contributed by atoms with Crippen LogP contribution in [0, 0.1) is 11.8 Å². The lowest BCUT2D eigenvalue weighted by Gasteiger charge is -2.36. The maximum atomic E-state index is 12.4. The van der Waals surface area contributed by atoms with Crippen molar-refractivity contribution in [2.24, 2.45) is 17.6 Å². The van der Waals surface area contributed by atoms with Gasteiger partial charge in [0.25, 0.3) is 0 Å². The monoisotopic (exact) mass is 254 g/mol. The normalized spacial score (nSPS) is 32.3. The largest absolute Gasteiger partial charge is 0.393 e. The Hall–Kier alpha value is -0.610. The first-order chi connectivity index (χ1) is 8.58. The fourth-order valence-electron chi connectivity index (χ4n) is 3.23. The van der Waals surface area contributed by atoms with Gasteiger partial charge in [-0.05, 0) is 51.4 Å². The number of nitrogens with zero attached hydrogens (tertiary/aromatic N) is 1. The van der Waals surface area contributed by atoms with Crippen LogP contribution in [-0.2, 0) is 4.79 Å². The first kappa shape index (κ1) is 13.8. The molecule has 0 radical (unpaired) electrons. The maximum absolute atomic E-state index is 12.4. The fourth-order valence-corrected chi connectivity index (χ4v) is 3.23. The summed E-state index contributed by atoms with van der Waals surface area (Å²) in [6.45, 7) is 3.48. The molecule has 4 nitrogen and oxygen atoms in total. The molecule has 4 heteroatoms. The molecule has 1 aliphatic carbocycles. The van der Waals surface area contributed by atoms with Crippen LogP contribution < -0.4 is 5.73 Å². The van der Waals surface area contributed by atoms with Crippen molar-refractivity contribution in [3.05, 3.63) is 0 Å². The van der Waals surface area contributed by atoms with Gasteiger partial charge in [0.2, 0.25) is 5.91 Å². The molecule has 2 aliphatic rings. The zero-order valence-electron chi connectivity index (χ0n) is 11.3. The predicted molar refractivity (Wildman–Crippen MR) is 70.9 cm³/mol. The van der Waals surface area contributed by atoms with Crippen molar-refractivity contribution in [3.63, 3.8) is 0 Å². The van der Waals surface area contributed by atoms with Crippen molar-refractivity contribution in [3.8, 4) is 0 Å². The first-order valence-corrected chi connectivity index (χ1v) is 7.30. The Kier molecular flexibility index (Phi) is 4.62. The van der Waals surface area contributed by atoms with Crippen LogP contribution in [0.25, 0.3) is 0 Å². The Labute approximate surface area is 110 Å². The molecule has 18 heavy (non-hydrogen) atoms. The number of piperidine rings is 1. The number of amides is 1. The lowest BCUT2D eigenvalue weighted by Crippen LogP contribution is -2.44. The topological polar surface area (TPSA) is 66.6 Å². The van der Waals surface area contributed by atoms with E-state index in [9.17, 15) is 9.90 Å². The van der Waals surface area contributed by atoms with E-state index in [-0.39, 0.29) is 12.0 Å². The third-order valence-electron chi connectivity index (χ3n) is 4.65. The molecule has 0 aromatic rings. The van der Waals surface area contributed by atoms with Crippen LogP contribution in [0.1, 0.15) is 45.4 Å². The Balaban J connectivity index is 1.80.